The highest BCUT2D eigenvalue weighted by atomic mass is 79.9. The molecule has 0 aliphatic rings. The Balaban J connectivity index is 2.13. The fourth-order valence-corrected chi connectivity index (χ4v) is 4.66. The molecule has 130 valence electrons. The van der Waals surface area contributed by atoms with E-state index in [1.165, 1.54) is 23.1 Å². The summed E-state index contributed by atoms with van der Waals surface area (Å²) in [6, 6.07) is 6.74. The van der Waals surface area contributed by atoms with Gasteiger partial charge in [0.2, 0.25) is 21.1 Å². The Morgan fingerprint density at radius 1 is 1.42 bits per heavy atom. The van der Waals surface area contributed by atoms with Crippen LogP contribution in [0.15, 0.2) is 33.1 Å². The van der Waals surface area contributed by atoms with E-state index in [-0.39, 0.29) is 6.54 Å². The molecule has 0 aliphatic carbocycles. The molecule has 24 heavy (non-hydrogen) atoms. The van der Waals surface area contributed by atoms with Crippen LogP contribution >= 0.6 is 39.0 Å². The van der Waals surface area contributed by atoms with E-state index in [4.69, 9.17) is 0 Å². The van der Waals surface area contributed by atoms with Crippen molar-refractivity contribution in [3.63, 3.8) is 0 Å². The molecule has 11 heteroatoms. The molecule has 1 aromatic carbocycles. The first-order valence-corrected chi connectivity index (χ1v) is 11.2. The molecule has 0 radical (unpaired) electrons. The molecule has 7 nitrogen and oxygen atoms in total. The number of benzene rings is 1. The average molecular weight is 451 g/mol. The highest BCUT2D eigenvalue weighted by molar-refractivity contribution is 9.10. The third kappa shape index (κ3) is 5.43. The number of halogens is 1. The molecular weight excluding hydrogens is 436 g/mol. The van der Waals surface area contributed by atoms with Crippen molar-refractivity contribution in [2.24, 2.45) is 0 Å². The smallest absolute Gasteiger partial charge is 0.246 e. The number of hydrogen-bond donors (Lipinski definition) is 1. The number of anilines is 2. The zero-order chi connectivity index (χ0) is 17.7. The van der Waals surface area contributed by atoms with Gasteiger partial charge in [-0.15, -0.1) is 10.2 Å². The van der Waals surface area contributed by atoms with Crippen LogP contribution in [-0.2, 0) is 14.8 Å². The van der Waals surface area contributed by atoms with Gasteiger partial charge in [0.15, 0.2) is 4.34 Å². The molecule has 0 atom stereocenters. The molecule has 0 unspecified atom stereocenters. The summed E-state index contributed by atoms with van der Waals surface area (Å²) >= 11 is 6.07. The van der Waals surface area contributed by atoms with Crippen LogP contribution in [0.25, 0.3) is 0 Å². The van der Waals surface area contributed by atoms with Gasteiger partial charge in [-0.3, -0.25) is 14.4 Å². The van der Waals surface area contributed by atoms with Gasteiger partial charge in [0.25, 0.3) is 0 Å². The van der Waals surface area contributed by atoms with Crippen LogP contribution in [0.1, 0.15) is 6.92 Å². The first-order valence-electron chi connectivity index (χ1n) is 6.79. The van der Waals surface area contributed by atoms with Crippen LogP contribution < -0.4 is 9.62 Å². The van der Waals surface area contributed by atoms with Crippen LogP contribution in [0, 0.1) is 0 Å². The summed E-state index contributed by atoms with van der Waals surface area (Å²) in [5.41, 5.74) is 0.404. The molecule has 1 aromatic heterocycles. The van der Waals surface area contributed by atoms with Gasteiger partial charge in [-0.1, -0.05) is 52.0 Å². The van der Waals surface area contributed by atoms with Gasteiger partial charge >= 0.3 is 0 Å². The average Bonchev–Trinajstić information content (AvgIpc) is 2.91. The molecule has 0 bridgehead atoms. The number of thioether (sulfide) groups is 1. The van der Waals surface area contributed by atoms with E-state index < -0.39 is 15.9 Å². The van der Waals surface area contributed by atoms with Crippen LogP contribution in [0.3, 0.4) is 0 Å². The lowest BCUT2D eigenvalue weighted by atomic mass is 10.3. The Morgan fingerprint density at radius 3 is 2.79 bits per heavy atom. The molecule has 2 rings (SSSR count). The number of carbonyl (C=O) groups is 1. The van der Waals surface area contributed by atoms with Crippen molar-refractivity contribution in [3.05, 3.63) is 28.7 Å². The van der Waals surface area contributed by atoms with Crippen LogP contribution in [0.2, 0.25) is 0 Å². The van der Waals surface area contributed by atoms with Gasteiger partial charge in [-0.2, -0.15) is 0 Å². The highest BCUT2D eigenvalue weighted by Gasteiger charge is 2.21. The number of carbonyl (C=O) groups excluding carboxylic acids is 1. The molecule has 0 saturated heterocycles. The maximum absolute atomic E-state index is 12.2. The Kier molecular flexibility index (Phi) is 6.61. The summed E-state index contributed by atoms with van der Waals surface area (Å²) in [6.07, 6.45) is 1.06. The number of aromatic nitrogens is 2. The van der Waals surface area contributed by atoms with Crippen LogP contribution in [-0.4, -0.2) is 43.1 Å². The molecule has 0 saturated carbocycles. The lowest BCUT2D eigenvalue weighted by molar-refractivity contribution is -0.114. The fraction of sp³-hybridized carbons (Fsp3) is 0.308. The van der Waals surface area contributed by atoms with Gasteiger partial charge in [0, 0.05) is 4.47 Å². The summed E-state index contributed by atoms with van der Waals surface area (Å²) < 4.78 is 26.6. The summed E-state index contributed by atoms with van der Waals surface area (Å²) in [5, 5.41) is 10.7. The summed E-state index contributed by atoms with van der Waals surface area (Å²) in [6.45, 7) is 1.65. The number of hydrogen-bond acceptors (Lipinski definition) is 7. The zero-order valence-corrected chi connectivity index (χ0v) is 16.9. The molecule has 1 amide bonds. The van der Waals surface area contributed by atoms with E-state index >= 15 is 0 Å². The minimum Gasteiger partial charge on any atom is -0.299 e. The van der Waals surface area contributed by atoms with E-state index in [1.54, 1.807) is 24.3 Å². The molecule has 1 N–H and O–H groups in total. The van der Waals surface area contributed by atoms with E-state index in [1.807, 2.05) is 6.92 Å². The summed E-state index contributed by atoms with van der Waals surface area (Å²) in [5.74, 6) is 0.373. The van der Waals surface area contributed by atoms with E-state index in [0.717, 1.165) is 25.1 Å². The van der Waals surface area contributed by atoms with Gasteiger partial charge in [0.1, 0.15) is 6.54 Å². The monoisotopic (exact) mass is 450 g/mol. The largest absolute Gasteiger partial charge is 0.299 e. The Hall–Kier alpha value is -1.17. The lowest BCUT2D eigenvalue weighted by Gasteiger charge is -2.21. The number of rotatable bonds is 7. The standard InChI is InChI=1S/C13H15BrN4O3S3/c1-3-22-13-17-16-12(23-13)15-11(19)8-18(24(2,20)21)10-6-4-5-9(14)7-10/h4-7H,3,8H2,1-2H3,(H,15,16,19). The van der Waals surface area contributed by atoms with Crippen molar-refractivity contribution in [1.29, 1.82) is 0 Å². The molecule has 0 aliphatic heterocycles. The van der Waals surface area contributed by atoms with Gasteiger partial charge < -0.3 is 0 Å². The molecule has 1 heterocycles. The maximum atomic E-state index is 12.2. The number of nitrogens with one attached hydrogen (secondary N) is 1. The van der Waals surface area contributed by atoms with E-state index in [0.29, 0.717) is 10.8 Å². The number of nitrogens with zero attached hydrogens (tertiary/aromatic N) is 3. The third-order valence-electron chi connectivity index (χ3n) is 2.70. The number of amides is 1. The third-order valence-corrected chi connectivity index (χ3v) is 6.19. The van der Waals surface area contributed by atoms with Crippen molar-refractivity contribution in [1.82, 2.24) is 10.2 Å². The van der Waals surface area contributed by atoms with E-state index in [9.17, 15) is 13.2 Å². The summed E-state index contributed by atoms with van der Waals surface area (Å²) in [7, 11) is -3.61. The van der Waals surface area contributed by atoms with Crippen molar-refractivity contribution in [3.8, 4) is 0 Å². The molecule has 2 aromatic rings. The van der Waals surface area contributed by atoms with Crippen LogP contribution in [0.5, 0.6) is 0 Å². The first-order chi connectivity index (χ1) is 11.3. The Morgan fingerprint density at radius 2 is 2.17 bits per heavy atom. The predicted octanol–water partition coefficient (Wildman–Crippen LogP) is 2.82. The Bertz CT molecular complexity index is 825. The summed E-state index contributed by atoms with van der Waals surface area (Å²) in [4.78, 5) is 12.2. The normalized spacial score (nSPS) is 11.3. The van der Waals surface area contributed by atoms with Crippen molar-refractivity contribution >= 4 is 65.8 Å². The minimum absolute atomic E-state index is 0.342. The second-order valence-corrected chi connectivity index (χ2v) is 9.91. The SMILES string of the molecule is CCSc1nnc(NC(=O)CN(c2cccc(Br)c2)S(C)(=O)=O)s1. The first kappa shape index (κ1) is 19.2. The number of sulfonamides is 1. The second-order valence-electron chi connectivity index (χ2n) is 4.60. The predicted molar refractivity (Wildman–Crippen MR) is 101 cm³/mol. The minimum atomic E-state index is -3.61. The second kappa shape index (κ2) is 8.28. The van der Waals surface area contributed by atoms with Crippen LogP contribution in [0.4, 0.5) is 10.8 Å². The molecular formula is C13H15BrN4O3S3. The van der Waals surface area contributed by atoms with Crippen molar-refractivity contribution < 1.29 is 13.2 Å². The molecule has 0 spiro atoms. The highest BCUT2D eigenvalue weighted by Crippen LogP contribution is 2.25. The fourth-order valence-electron chi connectivity index (χ4n) is 1.76. The molecule has 0 fully saturated rings. The van der Waals surface area contributed by atoms with E-state index in [2.05, 4.69) is 31.4 Å². The van der Waals surface area contributed by atoms with Crippen molar-refractivity contribution in [2.75, 3.05) is 28.2 Å². The lowest BCUT2D eigenvalue weighted by Crippen LogP contribution is -2.37. The Labute approximate surface area is 157 Å². The topological polar surface area (TPSA) is 92.3 Å². The van der Waals surface area contributed by atoms with Gasteiger partial charge in [-0.05, 0) is 24.0 Å². The maximum Gasteiger partial charge on any atom is 0.246 e. The zero-order valence-electron chi connectivity index (χ0n) is 12.9. The quantitative estimate of drug-likeness (QED) is 0.514. The van der Waals surface area contributed by atoms with Gasteiger partial charge in [0.05, 0.1) is 11.9 Å². The van der Waals surface area contributed by atoms with Gasteiger partial charge in [-0.25, -0.2) is 8.42 Å². The van der Waals surface area contributed by atoms with Crippen molar-refractivity contribution in [2.45, 2.75) is 11.3 Å².